The molecule has 0 aromatic carbocycles. The number of hydrogen-bond donors (Lipinski definition) is 2. The number of rotatable bonds is 1. The summed E-state index contributed by atoms with van der Waals surface area (Å²) in [4.78, 5) is 27.6. The molecule has 0 bridgehead atoms. The average Bonchev–Trinajstić information content (AvgIpc) is 2.50. The Balaban J connectivity index is 2.42. The van der Waals surface area contributed by atoms with Crippen molar-refractivity contribution in [2.24, 2.45) is 0 Å². The van der Waals surface area contributed by atoms with Crippen LogP contribution in [0.4, 0.5) is 5.69 Å². The van der Waals surface area contributed by atoms with E-state index in [1.54, 1.807) is 6.20 Å². The molecule has 2 heterocycles. The van der Waals surface area contributed by atoms with E-state index in [0.717, 1.165) is 0 Å². The van der Waals surface area contributed by atoms with Gasteiger partial charge in [0.15, 0.2) is 0 Å². The number of aromatic nitrogens is 1. The summed E-state index contributed by atoms with van der Waals surface area (Å²) in [5.41, 5.74) is 0.204. The molecular weight excluding hydrogens is 280 g/mol. The van der Waals surface area contributed by atoms with Crippen LogP contribution >= 0.6 is 28.6 Å². The molecule has 1 aliphatic rings. The Hall–Kier alpha value is -0.750. The van der Waals surface area contributed by atoms with Crippen molar-refractivity contribution in [1.82, 2.24) is 4.98 Å². The number of nitrogens with one attached hydrogen (secondary N) is 1. The summed E-state index contributed by atoms with van der Waals surface area (Å²) in [6.07, 6.45) is 3.47. The minimum Gasteiger partial charge on any atom is -0.365 e. The van der Waals surface area contributed by atoms with Gasteiger partial charge in [-0.05, 0) is 15.9 Å². The summed E-state index contributed by atoms with van der Waals surface area (Å²) in [7, 11) is 0. The molecule has 2 rings (SSSR count). The number of amides is 1. The summed E-state index contributed by atoms with van der Waals surface area (Å²) < 4.78 is 0.426. The first-order valence-corrected chi connectivity index (χ1v) is 5.75. The second-order valence-electron chi connectivity index (χ2n) is 3.38. The van der Waals surface area contributed by atoms with Crippen molar-refractivity contribution in [1.29, 1.82) is 0 Å². The van der Waals surface area contributed by atoms with E-state index in [-0.39, 0.29) is 16.6 Å². The van der Waals surface area contributed by atoms with E-state index in [1.807, 2.05) is 0 Å². The Morgan fingerprint density at radius 3 is 2.80 bits per heavy atom. The topological polar surface area (TPSA) is 53.2 Å². The summed E-state index contributed by atoms with van der Waals surface area (Å²) >= 11 is 7.36. The maximum Gasteiger partial charge on any atom is 0.228 e. The molecule has 6 heteroatoms. The largest absolute Gasteiger partial charge is 0.365 e. The monoisotopic (exact) mass is 288 g/mol. The fourth-order valence-corrected chi connectivity index (χ4v) is 2.22. The maximum absolute atomic E-state index is 11.7. The van der Waals surface area contributed by atoms with E-state index >= 15 is 0 Å². The molecule has 1 saturated heterocycles. The van der Waals surface area contributed by atoms with E-state index < -0.39 is 0 Å². The van der Waals surface area contributed by atoms with Crippen LogP contribution in [0.1, 0.15) is 6.42 Å². The van der Waals surface area contributed by atoms with Crippen molar-refractivity contribution in [2.75, 3.05) is 11.4 Å². The van der Waals surface area contributed by atoms with Crippen molar-refractivity contribution in [3.05, 3.63) is 27.1 Å². The molecule has 1 N–H and O–H groups in total. The summed E-state index contributed by atoms with van der Waals surface area (Å²) in [5.74, 6) is -0.0569. The molecule has 0 saturated carbocycles. The molecule has 1 amide bonds. The van der Waals surface area contributed by atoms with Gasteiger partial charge in [0.2, 0.25) is 11.3 Å². The average molecular weight is 289 g/mol. The Labute approximate surface area is 100 Å². The van der Waals surface area contributed by atoms with Crippen LogP contribution in [0.15, 0.2) is 21.7 Å². The van der Waals surface area contributed by atoms with Gasteiger partial charge in [0.1, 0.15) is 5.69 Å². The van der Waals surface area contributed by atoms with Crippen LogP contribution in [0.2, 0.25) is 0 Å². The van der Waals surface area contributed by atoms with Crippen LogP contribution in [-0.4, -0.2) is 22.7 Å². The number of anilines is 1. The standard InChI is InChI=1S/C9H9BrN2O2S/c10-6-2-11-3-7(9(6)14)12-4-5(15)1-8(12)13/h2-3,5,15H,1,4H2,(H,11,14). The zero-order chi connectivity index (χ0) is 11.0. The Morgan fingerprint density at radius 2 is 2.20 bits per heavy atom. The van der Waals surface area contributed by atoms with Crippen LogP contribution in [0.25, 0.3) is 0 Å². The van der Waals surface area contributed by atoms with Crippen molar-refractivity contribution < 1.29 is 4.79 Å². The van der Waals surface area contributed by atoms with Crippen LogP contribution in [-0.2, 0) is 4.79 Å². The highest BCUT2D eigenvalue weighted by Crippen LogP contribution is 2.21. The normalized spacial score (nSPS) is 21.1. The maximum atomic E-state index is 11.7. The molecule has 4 nitrogen and oxygen atoms in total. The van der Waals surface area contributed by atoms with E-state index in [9.17, 15) is 9.59 Å². The number of carbonyl (C=O) groups is 1. The smallest absolute Gasteiger partial charge is 0.228 e. The lowest BCUT2D eigenvalue weighted by molar-refractivity contribution is -0.117. The molecule has 1 fully saturated rings. The third-order valence-electron chi connectivity index (χ3n) is 2.28. The van der Waals surface area contributed by atoms with Gasteiger partial charge in [-0.2, -0.15) is 12.6 Å². The fourth-order valence-electron chi connectivity index (χ4n) is 1.57. The number of halogens is 1. The van der Waals surface area contributed by atoms with Gasteiger partial charge in [-0.1, -0.05) is 0 Å². The number of nitrogens with zero attached hydrogens (tertiary/aromatic N) is 1. The summed E-state index contributed by atoms with van der Waals surface area (Å²) in [6.45, 7) is 0.488. The number of carbonyl (C=O) groups excluding carboxylic acids is 1. The number of pyridine rings is 1. The van der Waals surface area contributed by atoms with Crippen LogP contribution in [0.3, 0.4) is 0 Å². The molecule has 1 aromatic heterocycles. The molecule has 0 aliphatic carbocycles. The Bertz CT molecular complexity index is 460. The zero-order valence-corrected chi connectivity index (χ0v) is 10.2. The lowest BCUT2D eigenvalue weighted by atomic mass is 10.3. The van der Waals surface area contributed by atoms with Gasteiger partial charge in [-0.25, -0.2) is 0 Å². The predicted octanol–water partition coefficient (Wildman–Crippen LogP) is 1.17. The number of H-pyrrole nitrogens is 1. The Kier molecular flexibility index (Phi) is 2.88. The first kappa shape index (κ1) is 10.8. The molecule has 1 aliphatic heterocycles. The fraction of sp³-hybridized carbons (Fsp3) is 0.333. The van der Waals surface area contributed by atoms with E-state index in [1.165, 1.54) is 11.1 Å². The second kappa shape index (κ2) is 4.02. The highest BCUT2D eigenvalue weighted by molar-refractivity contribution is 9.10. The van der Waals surface area contributed by atoms with E-state index in [0.29, 0.717) is 23.1 Å². The van der Waals surface area contributed by atoms with Gasteiger partial charge >= 0.3 is 0 Å². The predicted molar refractivity (Wildman–Crippen MR) is 64.5 cm³/mol. The highest BCUT2D eigenvalue weighted by atomic mass is 79.9. The minimum atomic E-state index is -0.176. The van der Waals surface area contributed by atoms with Crippen molar-refractivity contribution in [2.45, 2.75) is 11.7 Å². The van der Waals surface area contributed by atoms with Crippen molar-refractivity contribution in [3.63, 3.8) is 0 Å². The molecular formula is C9H9BrN2O2S. The minimum absolute atomic E-state index is 0.0101. The molecule has 1 unspecified atom stereocenters. The van der Waals surface area contributed by atoms with Crippen LogP contribution in [0, 0.1) is 0 Å². The lowest BCUT2D eigenvalue weighted by Crippen LogP contribution is -2.29. The number of hydrogen-bond acceptors (Lipinski definition) is 3. The third-order valence-corrected chi connectivity index (χ3v) is 3.21. The van der Waals surface area contributed by atoms with Gasteiger partial charge in [0.25, 0.3) is 0 Å². The van der Waals surface area contributed by atoms with Gasteiger partial charge in [0.05, 0.1) is 4.47 Å². The van der Waals surface area contributed by atoms with Gasteiger partial charge in [-0.15, -0.1) is 0 Å². The molecule has 0 radical (unpaired) electrons. The van der Waals surface area contributed by atoms with E-state index in [2.05, 4.69) is 33.5 Å². The van der Waals surface area contributed by atoms with Crippen molar-refractivity contribution in [3.8, 4) is 0 Å². The van der Waals surface area contributed by atoms with Crippen molar-refractivity contribution >= 4 is 40.2 Å². The first-order chi connectivity index (χ1) is 7.09. The number of aromatic amines is 1. The molecule has 15 heavy (non-hydrogen) atoms. The zero-order valence-electron chi connectivity index (χ0n) is 7.74. The first-order valence-electron chi connectivity index (χ1n) is 4.44. The van der Waals surface area contributed by atoms with Gasteiger partial charge in [0, 0.05) is 30.6 Å². The van der Waals surface area contributed by atoms with E-state index in [4.69, 9.17) is 0 Å². The molecule has 1 aromatic rings. The van der Waals surface area contributed by atoms with Crippen LogP contribution in [0.5, 0.6) is 0 Å². The third kappa shape index (κ3) is 1.96. The van der Waals surface area contributed by atoms with Gasteiger partial charge in [-0.3, -0.25) is 9.59 Å². The van der Waals surface area contributed by atoms with Gasteiger partial charge < -0.3 is 9.88 Å². The quantitative estimate of drug-likeness (QED) is 0.763. The molecule has 0 spiro atoms. The molecule has 80 valence electrons. The number of thiol groups is 1. The molecule has 1 atom stereocenters. The Morgan fingerprint density at radius 1 is 1.47 bits per heavy atom. The highest BCUT2D eigenvalue weighted by Gasteiger charge is 2.29. The summed E-state index contributed by atoms with van der Waals surface area (Å²) in [5, 5.41) is 0.0101. The second-order valence-corrected chi connectivity index (χ2v) is 4.96. The summed E-state index contributed by atoms with van der Waals surface area (Å²) in [6, 6.07) is 0. The van der Waals surface area contributed by atoms with Crippen LogP contribution < -0.4 is 10.3 Å². The SMILES string of the molecule is O=C1CC(S)CN1c1c[nH]cc(Br)c1=O. The lowest BCUT2D eigenvalue weighted by Gasteiger charge is -2.14.